The molecule has 0 aliphatic carbocycles. The Morgan fingerprint density at radius 1 is 0.955 bits per heavy atom. The number of nitrogens with zero attached hydrogens (tertiary/aromatic N) is 4. The molecule has 0 atom stereocenters. The van der Waals surface area contributed by atoms with Crippen LogP contribution in [0.5, 0.6) is 0 Å². The standard InChI is InChI=1S/C17H15N5/c18-10-15-20-21-16-11-19-17(12-6-2-1-3-7-12)13-8-4-5-9-14(13)22(15)16/h1-9H,10-11,18H2. The minimum atomic E-state index is 0.349. The molecule has 0 bridgehead atoms. The number of hydrogen-bond donors (Lipinski definition) is 1. The van der Waals surface area contributed by atoms with Crippen molar-refractivity contribution in [1.82, 2.24) is 14.8 Å². The van der Waals surface area contributed by atoms with Gasteiger partial charge in [-0.05, 0) is 6.07 Å². The summed E-state index contributed by atoms with van der Waals surface area (Å²) < 4.78 is 2.02. The summed E-state index contributed by atoms with van der Waals surface area (Å²) in [6.45, 7) is 0.841. The molecular formula is C17H15N5. The van der Waals surface area contributed by atoms with Gasteiger partial charge in [-0.1, -0.05) is 48.5 Å². The van der Waals surface area contributed by atoms with Crippen molar-refractivity contribution in [1.29, 1.82) is 0 Å². The van der Waals surface area contributed by atoms with E-state index in [1.165, 1.54) is 0 Å². The second kappa shape index (κ2) is 5.20. The van der Waals surface area contributed by atoms with Crippen molar-refractivity contribution in [2.24, 2.45) is 10.7 Å². The zero-order chi connectivity index (χ0) is 14.9. The second-order valence-electron chi connectivity index (χ2n) is 5.12. The highest BCUT2D eigenvalue weighted by atomic mass is 15.3. The predicted molar refractivity (Wildman–Crippen MR) is 85.0 cm³/mol. The van der Waals surface area contributed by atoms with Crippen molar-refractivity contribution in [2.45, 2.75) is 13.1 Å². The van der Waals surface area contributed by atoms with Gasteiger partial charge in [0.1, 0.15) is 6.54 Å². The number of para-hydroxylation sites is 1. The van der Waals surface area contributed by atoms with Gasteiger partial charge in [0.05, 0.1) is 17.9 Å². The predicted octanol–water partition coefficient (Wildman–Crippen LogP) is 2.08. The number of aliphatic imine (C=N–C) groups is 1. The first kappa shape index (κ1) is 12.9. The van der Waals surface area contributed by atoms with Gasteiger partial charge in [-0.25, -0.2) is 0 Å². The minimum absolute atomic E-state index is 0.349. The van der Waals surface area contributed by atoms with Gasteiger partial charge in [-0.2, -0.15) is 0 Å². The summed E-state index contributed by atoms with van der Waals surface area (Å²) in [4.78, 5) is 4.78. The van der Waals surface area contributed by atoms with Crippen LogP contribution < -0.4 is 5.73 Å². The molecule has 3 aromatic rings. The Bertz CT molecular complexity index is 848. The van der Waals surface area contributed by atoms with Gasteiger partial charge in [0.15, 0.2) is 11.6 Å². The summed E-state index contributed by atoms with van der Waals surface area (Å²) in [5.41, 5.74) is 9.99. The number of aromatic nitrogens is 3. The van der Waals surface area contributed by atoms with E-state index in [0.717, 1.165) is 34.2 Å². The number of fused-ring (bicyclic) bond motifs is 3. The summed E-state index contributed by atoms with van der Waals surface area (Å²) in [5.74, 6) is 1.57. The van der Waals surface area contributed by atoms with Crippen LogP contribution in [0.4, 0.5) is 0 Å². The molecule has 1 aliphatic heterocycles. The molecule has 2 N–H and O–H groups in total. The normalized spacial score (nSPS) is 13.0. The van der Waals surface area contributed by atoms with Crippen molar-refractivity contribution >= 4 is 5.71 Å². The molecule has 4 rings (SSSR count). The fraction of sp³-hybridized carbons (Fsp3) is 0.118. The van der Waals surface area contributed by atoms with Gasteiger partial charge >= 0.3 is 0 Å². The third kappa shape index (κ3) is 1.95. The van der Waals surface area contributed by atoms with Crippen LogP contribution in [-0.4, -0.2) is 20.5 Å². The van der Waals surface area contributed by atoms with Crippen LogP contribution in [0.3, 0.4) is 0 Å². The highest BCUT2D eigenvalue weighted by Gasteiger charge is 2.21. The molecule has 0 unspecified atom stereocenters. The summed E-state index contributed by atoms with van der Waals surface area (Å²) in [5, 5.41) is 8.41. The first-order valence-corrected chi connectivity index (χ1v) is 7.21. The van der Waals surface area contributed by atoms with Crippen LogP contribution in [-0.2, 0) is 13.1 Å². The number of rotatable bonds is 2. The number of benzene rings is 2. The molecule has 5 heteroatoms. The average molecular weight is 289 g/mol. The number of hydrogen-bond acceptors (Lipinski definition) is 4. The molecule has 22 heavy (non-hydrogen) atoms. The highest BCUT2D eigenvalue weighted by Crippen LogP contribution is 2.25. The van der Waals surface area contributed by atoms with E-state index in [1.54, 1.807) is 0 Å². The summed E-state index contributed by atoms with van der Waals surface area (Å²) in [6, 6.07) is 18.4. The third-order valence-electron chi connectivity index (χ3n) is 3.81. The average Bonchev–Trinajstić information content (AvgIpc) is 2.92. The maximum atomic E-state index is 5.81. The van der Waals surface area contributed by atoms with Crippen molar-refractivity contribution in [2.75, 3.05) is 0 Å². The van der Waals surface area contributed by atoms with Crippen LogP contribution in [0, 0.1) is 0 Å². The minimum Gasteiger partial charge on any atom is -0.324 e. The molecule has 2 heterocycles. The Balaban J connectivity index is 1.97. The van der Waals surface area contributed by atoms with Crippen LogP contribution in [0.15, 0.2) is 59.6 Å². The van der Waals surface area contributed by atoms with Gasteiger partial charge in [0, 0.05) is 11.1 Å². The van der Waals surface area contributed by atoms with E-state index in [9.17, 15) is 0 Å². The fourth-order valence-electron chi connectivity index (χ4n) is 2.81. The molecule has 0 spiro atoms. The van der Waals surface area contributed by atoms with Gasteiger partial charge in [-0.15, -0.1) is 10.2 Å². The second-order valence-corrected chi connectivity index (χ2v) is 5.12. The molecule has 0 radical (unpaired) electrons. The lowest BCUT2D eigenvalue weighted by molar-refractivity contribution is 0.828. The molecule has 5 nitrogen and oxygen atoms in total. The molecule has 1 aliphatic rings. The maximum absolute atomic E-state index is 5.81. The Morgan fingerprint density at radius 2 is 1.73 bits per heavy atom. The zero-order valence-corrected chi connectivity index (χ0v) is 12.0. The van der Waals surface area contributed by atoms with Gasteiger partial charge in [-0.3, -0.25) is 9.56 Å². The van der Waals surface area contributed by atoms with Crippen molar-refractivity contribution < 1.29 is 0 Å². The van der Waals surface area contributed by atoms with Crippen molar-refractivity contribution in [3.8, 4) is 5.69 Å². The van der Waals surface area contributed by atoms with Crippen molar-refractivity contribution in [3.05, 3.63) is 77.4 Å². The molecular weight excluding hydrogens is 274 g/mol. The van der Waals surface area contributed by atoms with E-state index in [1.807, 2.05) is 34.9 Å². The summed E-state index contributed by atoms with van der Waals surface area (Å²) >= 11 is 0. The topological polar surface area (TPSA) is 69.1 Å². The van der Waals surface area contributed by atoms with E-state index in [-0.39, 0.29) is 0 Å². The first-order valence-electron chi connectivity index (χ1n) is 7.21. The Labute approximate surface area is 128 Å². The van der Waals surface area contributed by atoms with Crippen LogP contribution >= 0.6 is 0 Å². The number of nitrogens with two attached hydrogens (primary N) is 1. The van der Waals surface area contributed by atoms with Gasteiger partial charge in [0.2, 0.25) is 0 Å². The van der Waals surface area contributed by atoms with Crippen LogP contribution in [0.1, 0.15) is 22.8 Å². The Kier molecular flexibility index (Phi) is 3.05. The molecule has 0 amide bonds. The molecule has 108 valence electrons. The SMILES string of the molecule is NCc1nnc2n1-c1ccccc1C(c1ccccc1)=NC2. The van der Waals surface area contributed by atoms with Gasteiger partial charge in [0.25, 0.3) is 0 Å². The van der Waals surface area contributed by atoms with Crippen LogP contribution in [0.2, 0.25) is 0 Å². The van der Waals surface area contributed by atoms with E-state index < -0.39 is 0 Å². The van der Waals surface area contributed by atoms with E-state index >= 15 is 0 Å². The smallest absolute Gasteiger partial charge is 0.159 e. The molecule has 0 saturated carbocycles. The fourth-order valence-corrected chi connectivity index (χ4v) is 2.81. The monoisotopic (exact) mass is 289 g/mol. The molecule has 0 fully saturated rings. The van der Waals surface area contributed by atoms with E-state index in [2.05, 4.69) is 34.5 Å². The highest BCUT2D eigenvalue weighted by molar-refractivity contribution is 6.15. The Morgan fingerprint density at radius 3 is 2.55 bits per heavy atom. The molecule has 1 aromatic heterocycles. The maximum Gasteiger partial charge on any atom is 0.159 e. The Hall–Kier alpha value is -2.79. The zero-order valence-electron chi connectivity index (χ0n) is 12.0. The lowest BCUT2D eigenvalue weighted by atomic mass is 10.0. The molecule has 2 aromatic carbocycles. The lowest BCUT2D eigenvalue weighted by Crippen LogP contribution is -2.11. The van der Waals surface area contributed by atoms with E-state index in [0.29, 0.717) is 13.1 Å². The van der Waals surface area contributed by atoms with Gasteiger partial charge < -0.3 is 5.73 Å². The summed E-state index contributed by atoms with van der Waals surface area (Å²) in [6.07, 6.45) is 0. The van der Waals surface area contributed by atoms with E-state index in [4.69, 9.17) is 10.7 Å². The first-order chi connectivity index (χ1) is 10.9. The lowest BCUT2D eigenvalue weighted by Gasteiger charge is -2.12. The quantitative estimate of drug-likeness (QED) is 0.785. The largest absolute Gasteiger partial charge is 0.324 e. The molecule has 0 saturated heterocycles. The summed E-state index contributed by atoms with van der Waals surface area (Å²) in [7, 11) is 0. The van der Waals surface area contributed by atoms with Crippen molar-refractivity contribution in [3.63, 3.8) is 0 Å². The van der Waals surface area contributed by atoms with Crippen LogP contribution in [0.25, 0.3) is 5.69 Å². The third-order valence-corrected chi connectivity index (χ3v) is 3.81.